The van der Waals surface area contributed by atoms with Crippen LogP contribution in [0.3, 0.4) is 0 Å². The maximum absolute atomic E-state index is 12.1. The second-order valence-electron chi connectivity index (χ2n) is 5.68. The third kappa shape index (κ3) is 3.29. The van der Waals surface area contributed by atoms with Gasteiger partial charge >= 0.3 is 5.63 Å². The molecule has 1 aliphatic carbocycles. The fraction of sp³-hybridized carbons (Fsp3) is 0.643. The van der Waals surface area contributed by atoms with Gasteiger partial charge in [-0.05, 0) is 32.6 Å². The number of sulfonamides is 1. The molecule has 2 aliphatic rings. The van der Waals surface area contributed by atoms with Gasteiger partial charge in [-0.15, -0.1) is 0 Å². The Morgan fingerprint density at radius 2 is 1.86 bits per heavy atom. The average molecular weight is 313 g/mol. The standard InChI is InChI=1S/C14H19NO5S/c1-10-8-12(9-14(16)19-10)20-11-4-6-15(7-5-11)21(17,18)13-2-3-13/h8-9,11,13H,2-7H2,1H3. The number of hydrogen-bond donors (Lipinski definition) is 0. The van der Waals surface area contributed by atoms with Crippen LogP contribution >= 0.6 is 0 Å². The van der Waals surface area contributed by atoms with Crippen LogP contribution in [0.1, 0.15) is 31.4 Å². The van der Waals surface area contributed by atoms with E-state index in [9.17, 15) is 13.2 Å². The normalized spacial score (nSPS) is 21.4. The highest BCUT2D eigenvalue weighted by Crippen LogP contribution is 2.32. The molecule has 1 aromatic rings. The third-order valence-corrected chi connectivity index (χ3v) is 6.28. The summed E-state index contributed by atoms with van der Waals surface area (Å²) >= 11 is 0. The molecule has 7 heteroatoms. The molecule has 6 nitrogen and oxygen atoms in total. The van der Waals surface area contributed by atoms with E-state index in [1.165, 1.54) is 6.07 Å². The van der Waals surface area contributed by atoms with Gasteiger partial charge in [0.1, 0.15) is 17.6 Å². The maximum Gasteiger partial charge on any atom is 0.339 e. The Balaban J connectivity index is 1.59. The highest BCUT2D eigenvalue weighted by molar-refractivity contribution is 7.90. The lowest BCUT2D eigenvalue weighted by atomic mass is 10.1. The van der Waals surface area contributed by atoms with E-state index in [0.29, 0.717) is 37.4 Å². The smallest absolute Gasteiger partial charge is 0.339 e. The first-order valence-electron chi connectivity index (χ1n) is 7.22. The van der Waals surface area contributed by atoms with E-state index in [1.54, 1.807) is 17.3 Å². The topological polar surface area (TPSA) is 76.8 Å². The van der Waals surface area contributed by atoms with Gasteiger partial charge in [-0.1, -0.05) is 0 Å². The Kier molecular flexibility index (Phi) is 3.79. The monoisotopic (exact) mass is 313 g/mol. The Morgan fingerprint density at radius 3 is 2.43 bits per heavy atom. The van der Waals surface area contributed by atoms with Crippen molar-refractivity contribution < 1.29 is 17.6 Å². The van der Waals surface area contributed by atoms with Gasteiger partial charge in [0.15, 0.2) is 0 Å². The van der Waals surface area contributed by atoms with Crippen LogP contribution in [-0.2, 0) is 10.0 Å². The van der Waals surface area contributed by atoms with Crippen molar-refractivity contribution in [2.45, 2.75) is 44.0 Å². The third-order valence-electron chi connectivity index (χ3n) is 3.88. The van der Waals surface area contributed by atoms with Crippen molar-refractivity contribution in [1.82, 2.24) is 4.31 Å². The summed E-state index contributed by atoms with van der Waals surface area (Å²) in [6, 6.07) is 3.00. The Labute approximate surface area is 123 Å². The number of rotatable bonds is 4. The molecule has 0 aromatic carbocycles. The fourth-order valence-corrected chi connectivity index (χ4v) is 4.49. The summed E-state index contributed by atoms with van der Waals surface area (Å²) in [4.78, 5) is 11.3. The van der Waals surface area contributed by atoms with Crippen LogP contribution in [-0.4, -0.2) is 37.2 Å². The summed E-state index contributed by atoms with van der Waals surface area (Å²) in [6.07, 6.45) is 2.81. The van der Waals surface area contributed by atoms with E-state index in [1.807, 2.05) is 0 Å². The lowest BCUT2D eigenvalue weighted by Crippen LogP contribution is -2.43. The van der Waals surface area contributed by atoms with Gasteiger partial charge in [-0.3, -0.25) is 0 Å². The van der Waals surface area contributed by atoms with Gasteiger partial charge in [0, 0.05) is 19.2 Å². The largest absolute Gasteiger partial charge is 0.490 e. The highest BCUT2D eigenvalue weighted by atomic mass is 32.2. The second-order valence-corrected chi connectivity index (χ2v) is 7.90. The number of hydrogen-bond acceptors (Lipinski definition) is 5. The van der Waals surface area contributed by atoms with Crippen molar-refractivity contribution in [2.75, 3.05) is 13.1 Å². The van der Waals surface area contributed by atoms with Crippen molar-refractivity contribution in [1.29, 1.82) is 0 Å². The molecule has 3 rings (SSSR count). The van der Waals surface area contributed by atoms with E-state index in [0.717, 1.165) is 12.8 Å². The molecule has 2 fully saturated rings. The van der Waals surface area contributed by atoms with E-state index in [4.69, 9.17) is 9.15 Å². The van der Waals surface area contributed by atoms with Crippen LogP contribution in [0.2, 0.25) is 0 Å². The van der Waals surface area contributed by atoms with Gasteiger partial charge in [0.05, 0.1) is 11.3 Å². The molecule has 0 unspecified atom stereocenters. The molecule has 21 heavy (non-hydrogen) atoms. The minimum absolute atomic E-state index is 0.0585. The molecule has 0 amide bonds. The van der Waals surface area contributed by atoms with Crippen molar-refractivity contribution in [3.63, 3.8) is 0 Å². The number of piperidine rings is 1. The zero-order chi connectivity index (χ0) is 15.0. The molecule has 1 aromatic heterocycles. The fourth-order valence-electron chi connectivity index (χ4n) is 2.62. The van der Waals surface area contributed by atoms with Gasteiger partial charge in [0.2, 0.25) is 10.0 Å². The van der Waals surface area contributed by atoms with E-state index in [2.05, 4.69) is 0 Å². The molecule has 2 heterocycles. The van der Waals surface area contributed by atoms with Gasteiger partial charge in [-0.25, -0.2) is 17.5 Å². The van der Waals surface area contributed by atoms with Crippen LogP contribution in [0, 0.1) is 6.92 Å². The molecule has 0 radical (unpaired) electrons. The van der Waals surface area contributed by atoms with Crippen LogP contribution in [0.4, 0.5) is 0 Å². The van der Waals surface area contributed by atoms with Crippen molar-refractivity contribution in [2.24, 2.45) is 0 Å². The van der Waals surface area contributed by atoms with Crippen molar-refractivity contribution in [3.05, 3.63) is 28.3 Å². The van der Waals surface area contributed by atoms with Gasteiger partial charge in [0.25, 0.3) is 0 Å². The quantitative estimate of drug-likeness (QED) is 0.837. The number of ether oxygens (including phenoxy) is 1. The Hall–Kier alpha value is -1.34. The van der Waals surface area contributed by atoms with Crippen molar-refractivity contribution in [3.8, 4) is 5.75 Å². The maximum atomic E-state index is 12.1. The summed E-state index contributed by atoms with van der Waals surface area (Å²) in [7, 11) is -3.09. The summed E-state index contributed by atoms with van der Waals surface area (Å²) in [5.74, 6) is 0.999. The summed E-state index contributed by atoms with van der Waals surface area (Å²) in [6.45, 7) is 2.67. The molecule has 1 saturated carbocycles. The first kappa shape index (κ1) is 14.6. The average Bonchev–Trinajstić information content (AvgIpc) is 3.22. The minimum Gasteiger partial charge on any atom is -0.490 e. The number of aryl methyl sites for hydroxylation is 1. The molecular weight excluding hydrogens is 294 g/mol. The zero-order valence-corrected chi connectivity index (χ0v) is 12.8. The SMILES string of the molecule is Cc1cc(OC2CCN(S(=O)(=O)C3CC3)CC2)cc(=O)o1. The summed E-state index contributed by atoms with van der Waals surface area (Å²) in [5.41, 5.74) is -0.432. The van der Waals surface area contributed by atoms with Crippen LogP contribution in [0.25, 0.3) is 0 Å². The lowest BCUT2D eigenvalue weighted by Gasteiger charge is -2.31. The predicted octanol–water partition coefficient (Wildman–Crippen LogP) is 1.28. The second kappa shape index (κ2) is 5.46. The molecule has 0 N–H and O–H groups in total. The first-order valence-corrected chi connectivity index (χ1v) is 8.73. The van der Waals surface area contributed by atoms with Gasteiger partial charge < -0.3 is 9.15 Å². The molecule has 116 valence electrons. The molecule has 1 aliphatic heterocycles. The Bertz CT molecular complexity index is 669. The summed E-state index contributed by atoms with van der Waals surface area (Å²) in [5, 5.41) is -0.156. The zero-order valence-electron chi connectivity index (χ0n) is 11.9. The van der Waals surface area contributed by atoms with E-state index < -0.39 is 15.6 Å². The highest BCUT2D eigenvalue weighted by Gasteiger charge is 2.41. The molecule has 0 atom stereocenters. The first-order chi connectivity index (χ1) is 9.95. The van der Waals surface area contributed by atoms with Gasteiger partial charge in [-0.2, -0.15) is 0 Å². The van der Waals surface area contributed by atoms with Crippen LogP contribution in [0.15, 0.2) is 21.3 Å². The van der Waals surface area contributed by atoms with Crippen LogP contribution < -0.4 is 10.4 Å². The van der Waals surface area contributed by atoms with Crippen molar-refractivity contribution >= 4 is 10.0 Å². The van der Waals surface area contributed by atoms with E-state index >= 15 is 0 Å². The predicted molar refractivity (Wildman–Crippen MR) is 76.9 cm³/mol. The number of nitrogens with zero attached hydrogens (tertiary/aromatic N) is 1. The molecular formula is C14H19NO5S. The molecule has 0 spiro atoms. The van der Waals surface area contributed by atoms with Crippen LogP contribution in [0.5, 0.6) is 5.75 Å². The lowest BCUT2D eigenvalue weighted by molar-refractivity contribution is 0.134. The van der Waals surface area contributed by atoms with E-state index in [-0.39, 0.29) is 11.4 Å². The molecule has 1 saturated heterocycles. The molecule has 0 bridgehead atoms. The minimum atomic E-state index is -3.09. The Morgan fingerprint density at radius 1 is 1.19 bits per heavy atom. The summed E-state index contributed by atoms with van der Waals surface area (Å²) < 4.78 is 36.5.